The van der Waals surface area contributed by atoms with E-state index in [9.17, 15) is 4.79 Å². The van der Waals surface area contributed by atoms with E-state index in [0.717, 1.165) is 23.4 Å². The Kier molecular flexibility index (Phi) is 6.56. The molecule has 2 heterocycles. The highest BCUT2D eigenvalue weighted by molar-refractivity contribution is 6.30. The molecule has 0 radical (unpaired) electrons. The number of hydrogen-bond acceptors (Lipinski definition) is 5. The highest BCUT2D eigenvalue weighted by Gasteiger charge is 2.39. The molecule has 0 saturated carbocycles. The summed E-state index contributed by atoms with van der Waals surface area (Å²) >= 11 is 6.05. The van der Waals surface area contributed by atoms with Crippen LogP contribution < -0.4 is 10.5 Å². The Labute approximate surface area is 186 Å². The summed E-state index contributed by atoms with van der Waals surface area (Å²) in [5.41, 5.74) is 7.87. The Bertz CT molecular complexity index is 1030. The first kappa shape index (κ1) is 21.4. The lowest BCUT2D eigenvalue weighted by molar-refractivity contribution is -0.148. The third-order valence-electron chi connectivity index (χ3n) is 5.30. The van der Waals surface area contributed by atoms with E-state index >= 15 is 0 Å². The fourth-order valence-electron chi connectivity index (χ4n) is 3.92. The summed E-state index contributed by atoms with van der Waals surface area (Å²) in [6, 6.07) is 17.2. The third kappa shape index (κ3) is 5.44. The molecule has 4 rings (SSSR count). The van der Waals surface area contributed by atoms with E-state index in [2.05, 4.69) is 15.1 Å². The first-order chi connectivity index (χ1) is 15.0. The Morgan fingerprint density at radius 1 is 1.26 bits per heavy atom. The van der Waals surface area contributed by atoms with Gasteiger partial charge in [0.2, 0.25) is 5.91 Å². The van der Waals surface area contributed by atoms with Crippen molar-refractivity contribution in [2.45, 2.75) is 18.6 Å². The van der Waals surface area contributed by atoms with Crippen molar-refractivity contribution in [2.24, 2.45) is 5.73 Å². The summed E-state index contributed by atoms with van der Waals surface area (Å²) in [5.74, 6) is 0.197. The van der Waals surface area contributed by atoms with Crippen molar-refractivity contribution in [3.8, 4) is 17.0 Å². The molecular formula is C23H25ClN4O3. The lowest BCUT2D eigenvalue weighted by atomic mass is 9.97. The van der Waals surface area contributed by atoms with Gasteiger partial charge in [0.25, 0.3) is 0 Å². The van der Waals surface area contributed by atoms with Crippen molar-refractivity contribution in [1.82, 2.24) is 15.1 Å². The molecule has 0 unspecified atom stereocenters. The van der Waals surface area contributed by atoms with Gasteiger partial charge in [0.05, 0.1) is 24.9 Å². The second kappa shape index (κ2) is 9.51. The number of rotatable bonds is 8. The Morgan fingerprint density at radius 2 is 2.10 bits per heavy atom. The normalized spacial score (nSPS) is 19.3. The molecule has 0 spiro atoms. The van der Waals surface area contributed by atoms with E-state index < -0.39 is 11.5 Å². The molecule has 1 atom stereocenters. The van der Waals surface area contributed by atoms with Crippen LogP contribution in [0.4, 0.5) is 0 Å². The number of H-pyrrole nitrogens is 1. The van der Waals surface area contributed by atoms with E-state index in [1.165, 1.54) is 0 Å². The van der Waals surface area contributed by atoms with Crippen LogP contribution in [0.1, 0.15) is 12.0 Å². The zero-order valence-electron chi connectivity index (χ0n) is 17.1. The summed E-state index contributed by atoms with van der Waals surface area (Å²) < 4.78 is 12.0. The fraction of sp³-hybridized carbons (Fsp3) is 0.304. The number of halogens is 1. The van der Waals surface area contributed by atoms with Gasteiger partial charge in [-0.3, -0.25) is 14.8 Å². The molecule has 2 aromatic carbocycles. The molecule has 31 heavy (non-hydrogen) atoms. The molecule has 0 bridgehead atoms. The average Bonchev–Trinajstić information content (AvgIpc) is 3.21. The van der Waals surface area contributed by atoms with E-state index in [4.69, 9.17) is 26.8 Å². The van der Waals surface area contributed by atoms with E-state index in [1.54, 1.807) is 12.1 Å². The minimum Gasteiger partial charge on any atom is -0.490 e. The molecule has 1 fully saturated rings. The molecule has 1 aliphatic rings. The van der Waals surface area contributed by atoms with Gasteiger partial charge in [0.15, 0.2) is 0 Å². The number of hydrogen-bond donors (Lipinski definition) is 2. The first-order valence-corrected chi connectivity index (χ1v) is 10.5. The van der Waals surface area contributed by atoms with Crippen LogP contribution in [-0.4, -0.2) is 52.9 Å². The highest BCUT2D eigenvalue weighted by atomic mass is 35.5. The summed E-state index contributed by atoms with van der Waals surface area (Å²) in [6.07, 6.45) is 1.91. The number of primary amides is 1. The summed E-state index contributed by atoms with van der Waals surface area (Å²) in [7, 11) is 0. The number of ether oxygens (including phenoxy) is 2. The molecule has 1 amide bonds. The number of benzene rings is 2. The standard InChI is InChI=1S/C23H25ClN4O3/c24-19-7-4-8-20(11-19)30-16-23(12-21(25)29)15-28(9-10-31-23)14-18-13-26-27-22(18)17-5-2-1-3-6-17/h1-8,11,13H,9-10,12,14-16H2,(H2,25,29)(H,26,27)/t23-/m1/s1. The third-order valence-corrected chi connectivity index (χ3v) is 5.53. The van der Waals surface area contributed by atoms with Crippen molar-refractivity contribution in [3.05, 3.63) is 71.4 Å². The quantitative estimate of drug-likeness (QED) is 0.560. The Morgan fingerprint density at radius 3 is 2.87 bits per heavy atom. The molecule has 162 valence electrons. The van der Waals surface area contributed by atoms with E-state index in [-0.39, 0.29) is 13.0 Å². The molecule has 1 aromatic heterocycles. The van der Waals surface area contributed by atoms with Gasteiger partial charge in [-0.15, -0.1) is 0 Å². The second-order valence-corrected chi connectivity index (χ2v) is 8.20. The van der Waals surface area contributed by atoms with E-state index in [0.29, 0.717) is 30.5 Å². The SMILES string of the molecule is NC(=O)C[C@]1(COc2cccc(Cl)c2)CN(Cc2cn[nH]c2-c2ccccc2)CCO1. The van der Waals surface area contributed by atoms with Crippen molar-refractivity contribution in [2.75, 3.05) is 26.3 Å². The maximum atomic E-state index is 11.8. The summed E-state index contributed by atoms with van der Waals surface area (Å²) in [4.78, 5) is 14.1. The number of carbonyl (C=O) groups excluding carboxylic acids is 1. The molecule has 0 aliphatic carbocycles. The summed E-state index contributed by atoms with van der Waals surface area (Å²) in [5, 5.41) is 7.92. The maximum Gasteiger partial charge on any atom is 0.220 e. The van der Waals surface area contributed by atoms with Gasteiger partial charge in [-0.05, 0) is 23.8 Å². The zero-order chi connectivity index (χ0) is 21.7. The molecule has 7 nitrogen and oxygen atoms in total. The molecular weight excluding hydrogens is 416 g/mol. The minimum atomic E-state index is -0.830. The van der Waals surface area contributed by atoms with Crippen LogP contribution in [0.25, 0.3) is 11.3 Å². The van der Waals surface area contributed by atoms with Gasteiger partial charge in [0, 0.05) is 30.2 Å². The number of amides is 1. The fourth-order valence-corrected chi connectivity index (χ4v) is 4.10. The van der Waals surface area contributed by atoms with Gasteiger partial charge in [0.1, 0.15) is 18.0 Å². The number of aromatic nitrogens is 2. The van der Waals surface area contributed by atoms with Crippen molar-refractivity contribution < 1.29 is 14.3 Å². The largest absolute Gasteiger partial charge is 0.490 e. The first-order valence-electron chi connectivity index (χ1n) is 10.1. The zero-order valence-corrected chi connectivity index (χ0v) is 17.8. The van der Waals surface area contributed by atoms with Gasteiger partial charge >= 0.3 is 0 Å². The van der Waals surface area contributed by atoms with Crippen molar-refractivity contribution in [3.63, 3.8) is 0 Å². The second-order valence-electron chi connectivity index (χ2n) is 7.77. The number of nitrogens with two attached hydrogens (primary N) is 1. The molecule has 8 heteroatoms. The van der Waals surface area contributed by atoms with Crippen LogP contribution in [0.3, 0.4) is 0 Å². The van der Waals surface area contributed by atoms with Crippen LogP contribution in [0.5, 0.6) is 5.75 Å². The van der Waals surface area contributed by atoms with Crippen molar-refractivity contribution >= 4 is 17.5 Å². The number of morpholine rings is 1. The monoisotopic (exact) mass is 440 g/mol. The lowest BCUT2D eigenvalue weighted by Gasteiger charge is -2.42. The van der Waals surface area contributed by atoms with Crippen LogP contribution in [0, 0.1) is 0 Å². The number of aromatic amines is 1. The van der Waals surface area contributed by atoms with Crippen LogP contribution in [0.2, 0.25) is 5.02 Å². The summed E-state index contributed by atoms with van der Waals surface area (Å²) in [6.45, 7) is 2.59. The van der Waals surface area contributed by atoms with Gasteiger partial charge in [-0.1, -0.05) is 48.0 Å². The van der Waals surface area contributed by atoms with Crippen LogP contribution in [0.15, 0.2) is 60.8 Å². The smallest absolute Gasteiger partial charge is 0.220 e. The lowest BCUT2D eigenvalue weighted by Crippen LogP contribution is -2.56. The molecule has 1 saturated heterocycles. The van der Waals surface area contributed by atoms with E-state index in [1.807, 2.05) is 48.7 Å². The number of carbonyl (C=O) groups is 1. The van der Waals surface area contributed by atoms with Gasteiger partial charge < -0.3 is 15.2 Å². The van der Waals surface area contributed by atoms with Crippen LogP contribution >= 0.6 is 11.6 Å². The Balaban J connectivity index is 1.49. The molecule has 1 aliphatic heterocycles. The topological polar surface area (TPSA) is 93.5 Å². The highest BCUT2D eigenvalue weighted by Crippen LogP contribution is 2.28. The maximum absolute atomic E-state index is 11.8. The average molecular weight is 441 g/mol. The van der Waals surface area contributed by atoms with Gasteiger partial charge in [-0.2, -0.15) is 5.10 Å². The number of nitrogens with one attached hydrogen (secondary N) is 1. The minimum absolute atomic E-state index is 0.0704. The Hall–Kier alpha value is -2.87. The van der Waals surface area contributed by atoms with Crippen molar-refractivity contribution in [1.29, 1.82) is 0 Å². The number of nitrogens with zero attached hydrogens (tertiary/aromatic N) is 2. The predicted molar refractivity (Wildman–Crippen MR) is 119 cm³/mol. The van der Waals surface area contributed by atoms with Gasteiger partial charge in [-0.25, -0.2) is 0 Å². The molecule has 3 N–H and O–H groups in total. The molecule has 3 aromatic rings. The predicted octanol–water partition coefficient (Wildman–Crippen LogP) is 3.26. The van der Waals surface area contributed by atoms with Crippen LogP contribution in [-0.2, 0) is 16.1 Å².